The molecule has 1 aromatic carbocycles. The number of halogens is 3. The Hall–Kier alpha value is -3.47. The zero-order chi connectivity index (χ0) is 26.3. The van der Waals surface area contributed by atoms with Crippen molar-refractivity contribution in [3.8, 4) is 0 Å². The third-order valence-electron chi connectivity index (χ3n) is 6.98. The fourth-order valence-electron chi connectivity index (χ4n) is 4.89. The summed E-state index contributed by atoms with van der Waals surface area (Å²) in [5.74, 6) is -2.50. The minimum Gasteiger partial charge on any atom is -0.380 e. The minimum atomic E-state index is -1.48. The number of hydrogen-bond acceptors (Lipinski definition) is 6. The molecule has 0 radical (unpaired) electrons. The van der Waals surface area contributed by atoms with Crippen LogP contribution in [0.25, 0.3) is 0 Å². The number of ether oxygens (including phenoxy) is 1. The Morgan fingerprint density at radius 2 is 1.84 bits per heavy atom. The third kappa shape index (κ3) is 4.92. The molecule has 1 fully saturated rings. The number of hydrogen-bond donors (Lipinski definition) is 0. The zero-order valence-electron chi connectivity index (χ0n) is 21.0. The summed E-state index contributed by atoms with van der Waals surface area (Å²) in [5, 5.41) is 4.26. The molecule has 2 aliphatic rings. The molecule has 0 saturated carbocycles. The molecule has 0 N–H and O–H groups in total. The van der Waals surface area contributed by atoms with E-state index in [1.807, 2.05) is 6.92 Å². The van der Waals surface area contributed by atoms with Crippen LogP contribution in [-0.4, -0.2) is 58.5 Å². The molecule has 1 amide bonds. The highest BCUT2D eigenvalue weighted by molar-refractivity contribution is 6.04. The summed E-state index contributed by atoms with van der Waals surface area (Å²) >= 11 is 0. The molecule has 5 rings (SSSR count). The molecule has 8 nitrogen and oxygen atoms in total. The predicted octanol–water partition coefficient (Wildman–Crippen LogP) is 3.52. The average molecular weight is 515 g/mol. The number of aryl methyl sites for hydroxylation is 2. The van der Waals surface area contributed by atoms with E-state index in [9.17, 15) is 18.0 Å². The van der Waals surface area contributed by atoms with E-state index < -0.39 is 17.5 Å². The molecule has 2 aliphatic heterocycles. The molecule has 3 aromatic rings. The normalized spacial score (nSPS) is 18.6. The highest BCUT2D eigenvalue weighted by Gasteiger charge is 2.43. The van der Waals surface area contributed by atoms with Gasteiger partial charge in [-0.1, -0.05) is 13.8 Å². The number of benzene rings is 1. The van der Waals surface area contributed by atoms with Crippen LogP contribution in [0.15, 0.2) is 30.7 Å². The van der Waals surface area contributed by atoms with E-state index in [4.69, 9.17) is 9.72 Å². The van der Waals surface area contributed by atoms with E-state index in [2.05, 4.69) is 21.9 Å². The van der Waals surface area contributed by atoms with Crippen LogP contribution >= 0.6 is 0 Å². The van der Waals surface area contributed by atoms with Gasteiger partial charge in [0.2, 0.25) is 5.91 Å². The van der Waals surface area contributed by atoms with Crippen LogP contribution in [0.5, 0.6) is 0 Å². The Kier molecular flexibility index (Phi) is 6.65. The van der Waals surface area contributed by atoms with Crippen molar-refractivity contribution in [2.45, 2.75) is 45.7 Å². The van der Waals surface area contributed by atoms with E-state index in [0.29, 0.717) is 50.5 Å². The van der Waals surface area contributed by atoms with Crippen LogP contribution in [-0.2, 0) is 28.9 Å². The van der Waals surface area contributed by atoms with Gasteiger partial charge in [0.15, 0.2) is 23.3 Å². The van der Waals surface area contributed by atoms with Crippen molar-refractivity contribution < 1.29 is 22.7 Å². The van der Waals surface area contributed by atoms with Gasteiger partial charge < -0.3 is 14.5 Å². The zero-order valence-corrected chi connectivity index (χ0v) is 21.0. The Morgan fingerprint density at radius 1 is 1.11 bits per heavy atom. The van der Waals surface area contributed by atoms with Crippen molar-refractivity contribution in [2.24, 2.45) is 5.41 Å². The van der Waals surface area contributed by atoms with Gasteiger partial charge in [-0.3, -0.25) is 9.48 Å². The molecule has 0 bridgehead atoms. The first-order chi connectivity index (χ1) is 17.7. The van der Waals surface area contributed by atoms with Crippen molar-refractivity contribution in [1.29, 1.82) is 0 Å². The fourth-order valence-corrected chi connectivity index (χ4v) is 4.89. The number of aromatic nitrogens is 4. The number of nitrogens with zero attached hydrogens (tertiary/aromatic N) is 6. The van der Waals surface area contributed by atoms with Crippen molar-refractivity contribution in [3.05, 3.63) is 65.1 Å². The van der Waals surface area contributed by atoms with Crippen LogP contribution in [0.1, 0.15) is 37.2 Å². The lowest BCUT2D eigenvalue weighted by atomic mass is 9.87. The van der Waals surface area contributed by atoms with E-state index in [-0.39, 0.29) is 29.5 Å². The molecule has 0 unspecified atom stereocenters. The summed E-state index contributed by atoms with van der Waals surface area (Å²) in [4.78, 5) is 26.1. The van der Waals surface area contributed by atoms with Crippen molar-refractivity contribution in [2.75, 3.05) is 36.6 Å². The summed E-state index contributed by atoms with van der Waals surface area (Å²) in [6, 6.07) is 1.64. The Labute approximate surface area is 213 Å². The Bertz CT molecular complexity index is 1300. The summed E-state index contributed by atoms with van der Waals surface area (Å²) in [5.41, 5.74) is 1.84. The second-order valence-electron chi connectivity index (χ2n) is 10.2. The largest absolute Gasteiger partial charge is 0.380 e. The first-order valence-corrected chi connectivity index (χ1v) is 12.3. The van der Waals surface area contributed by atoms with Crippen LogP contribution in [0.3, 0.4) is 0 Å². The Balaban J connectivity index is 1.31. The molecule has 11 heteroatoms. The second-order valence-corrected chi connectivity index (χ2v) is 10.2. The molecule has 2 aromatic heterocycles. The van der Waals surface area contributed by atoms with Crippen molar-refractivity contribution in [1.82, 2.24) is 19.7 Å². The van der Waals surface area contributed by atoms with Gasteiger partial charge in [-0.15, -0.1) is 0 Å². The number of likely N-dealkylation sites (N-methyl/N-ethyl adjacent to an activating group) is 1. The highest BCUT2D eigenvalue weighted by atomic mass is 19.2. The van der Waals surface area contributed by atoms with Crippen molar-refractivity contribution in [3.63, 3.8) is 0 Å². The molecule has 4 heterocycles. The van der Waals surface area contributed by atoms with Crippen molar-refractivity contribution >= 4 is 17.4 Å². The maximum Gasteiger partial charge on any atom is 0.249 e. The van der Waals surface area contributed by atoms with E-state index in [1.54, 1.807) is 35.2 Å². The fraction of sp³-hybridized carbons (Fsp3) is 0.462. The quantitative estimate of drug-likeness (QED) is 0.428. The second kappa shape index (κ2) is 9.77. The van der Waals surface area contributed by atoms with Gasteiger partial charge in [-0.25, -0.2) is 23.1 Å². The van der Waals surface area contributed by atoms with Crippen LogP contribution < -0.4 is 9.80 Å². The van der Waals surface area contributed by atoms with Gasteiger partial charge in [-0.2, -0.15) is 5.10 Å². The maximum absolute atomic E-state index is 13.5. The van der Waals surface area contributed by atoms with Gasteiger partial charge in [0.1, 0.15) is 17.6 Å². The first-order valence-electron chi connectivity index (χ1n) is 12.3. The number of carbonyl (C=O) groups is 1. The molecule has 0 spiro atoms. The molecule has 1 atom stereocenters. The average Bonchev–Trinajstić information content (AvgIpc) is 3.30. The van der Waals surface area contributed by atoms with Gasteiger partial charge in [0.25, 0.3) is 0 Å². The lowest BCUT2D eigenvalue weighted by Gasteiger charge is -2.47. The van der Waals surface area contributed by atoms with Gasteiger partial charge >= 0.3 is 0 Å². The standard InChI is InChI=1S/C26H29F3N6O2/c1-4-20-25(36)33(3)21-10-30-22(32-24(21)35(20)13-26(2)14-37-15-26)6-5-16-9-31-34(11-16)12-17-7-18(27)23(29)19(28)8-17/h7-11,20H,4-6,12-15H2,1-3H3/t20-/m0/s1. The van der Waals surface area contributed by atoms with E-state index in [1.165, 1.54) is 0 Å². The van der Waals surface area contributed by atoms with Gasteiger partial charge in [0, 0.05) is 31.6 Å². The maximum atomic E-state index is 13.5. The Morgan fingerprint density at radius 3 is 2.49 bits per heavy atom. The predicted molar refractivity (Wildman–Crippen MR) is 131 cm³/mol. The SMILES string of the molecule is CC[C@H]1C(=O)N(C)c2cnc(CCc3cnn(Cc4cc(F)c(F)c(F)c4)c3)nc2N1CC1(C)COC1. The number of anilines is 2. The monoisotopic (exact) mass is 514 g/mol. The molecular weight excluding hydrogens is 485 g/mol. The summed E-state index contributed by atoms with van der Waals surface area (Å²) in [7, 11) is 1.76. The molecule has 196 valence electrons. The number of rotatable bonds is 8. The van der Waals surface area contributed by atoms with Crippen LogP contribution in [0.4, 0.5) is 24.7 Å². The third-order valence-corrected chi connectivity index (χ3v) is 6.98. The van der Waals surface area contributed by atoms with Crippen LogP contribution in [0, 0.1) is 22.9 Å². The molecule has 37 heavy (non-hydrogen) atoms. The summed E-state index contributed by atoms with van der Waals surface area (Å²) in [6.45, 7) is 6.24. The smallest absolute Gasteiger partial charge is 0.249 e. The van der Waals surface area contributed by atoms with Gasteiger partial charge in [-0.05, 0) is 36.1 Å². The topological polar surface area (TPSA) is 76.4 Å². The lowest BCUT2D eigenvalue weighted by molar-refractivity contribution is -0.121. The summed E-state index contributed by atoms with van der Waals surface area (Å²) in [6.07, 6.45) is 6.97. The molecule has 0 aliphatic carbocycles. The first kappa shape index (κ1) is 25.2. The van der Waals surface area contributed by atoms with E-state index in [0.717, 1.165) is 23.5 Å². The highest BCUT2D eigenvalue weighted by Crippen LogP contribution is 2.38. The molecular formula is C26H29F3N6O2. The molecule has 1 saturated heterocycles. The number of fused-ring (bicyclic) bond motifs is 1. The lowest BCUT2D eigenvalue weighted by Crippen LogP contribution is -2.58. The van der Waals surface area contributed by atoms with Gasteiger partial charge in [0.05, 0.1) is 32.2 Å². The number of amides is 1. The van der Waals surface area contributed by atoms with Crippen LogP contribution in [0.2, 0.25) is 0 Å². The summed E-state index contributed by atoms with van der Waals surface area (Å²) < 4.78 is 47.2. The van der Waals surface area contributed by atoms with E-state index >= 15 is 0 Å². The minimum absolute atomic E-state index is 0.0308. The number of carbonyl (C=O) groups excluding carboxylic acids is 1.